The van der Waals surface area contributed by atoms with E-state index in [0.717, 1.165) is 5.56 Å². The molecule has 2 heterocycles. The van der Waals surface area contributed by atoms with Gasteiger partial charge >= 0.3 is 0 Å². The number of halogens is 1. The monoisotopic (exact) mass is 241 g/mol. The molecule has 1 saturated heterocycles. The third-order valence-corrected chi connectivity index (χ3v) is 2.45. The van der Waals surface area contributed by atoms with Crippen molar-refractivity contribution in [2.45, 2.75) is 18.8 Å². The molecule has 1 aliphatic rings. The van der Waals surface area contributed by atoms with Crippen LogP contribution in [0.4, 0.5) is 5.82 Å². The van der Waals surface area contributed by atoms with Crippen LogP contribution in [-0.2, 0) is 9.59 Å². The molecule has 2 amide bonds. The number of piperidine rings is 1. The summed E-state index contributed by atoms with van der Waals surface area (Å²) in [4.78, 5) is 26.3. The molecule has 1 aromatic rings. The Morgan fingerprint density at radius 1 is 1.44 bits per heavy atom. The smallest absolute Gasteiger partial charge is 0.234 e. The van der Waals surface area contributed by atoms with Gasteiger partial charge in [0.25, 0.3) is 0 Å². The van der Waals surface area contributed by atoms with Gasteiger partial charge in [0.15, 0.2) is 0 Å². The first-order chi connectivity index (χ1) is 7.16. The Labute approximate surface area is 98.8 Å². The van der Waals surface area contributed by atoms with E-state index in [9.17, 15) is 9.59 Å². The number of rotatable bonds is 1. The summed E-state index contributed by atoms with van der Waals surface area (Å²) >= 11 is 0. The van der Waals surface area contributed by atoms with Crippen molar-refractivity contribution in [1.29, 1.82) is 0 Å². The molecule has 0 spiro atoms. The highest BCUT2D eigenvalue weighted by molar-refractivity contribution is 6.00. The average molecular weight is 242 g/mol. The fourth-order valence-corrected chi connectivity index (χ4v) is 1.69. The van der Waals surface area contributed by atoms with Gasteiger partial charge in [-0.25, -0.2) is 4.98 Å². The van der Waals surface area contributed by atoms with Crippen molar-refractivity contribution >= 4 is 30.0 Å². The molecule has 0 aliphatic carbocycles. The Bertz CT molecular complexity index is 422. The van der Waals surface area contributed by atoms with E-state index in [0.29, 0.717) is 18.7 Å². The summed E-state index contributed by atoms with van der Waals surface area (Å²) in [7, 11) is 0. The predicted octanol–water partition coefficient (Wildman–Crippen LogP) is 0.606. The van der Waals surface area contributed by atoms with Crippen molar-refractivity contribution in [2.24, 2.45) is 0 Å². The number of pyridine rings is 1. The fourth-order valence-electron chi connectivity index (χ4n) is 1.69. The minimum atomic E-state index is -0.284. The molecule has 6 heteroatoms. The van der Waals surface area contributed by atoms with Crippen molar-refractivity contribution in [3.8, 4) is 0 Å². The first-order valence-electron chi connectivity index (χ1n) is 4.72. The fraction of sp³-hybridized carbons (Fsp3) is 0.300. The summed E-state index contributed by atoms with van der Waals surface area (Å²) in [5.74, 6) is -0.361. The van der Waals surface area contributed by atoms with Crippen LogP contribution < -0.4 is 11.1 Å². The second kappa shape index (κ2) is 4.94. The van der Waals surface area contributed by atoms with Crippen LogP contribution >= 0.6 is 12.4 Å². The number of nitrogens with two attached hydrogens (primary N) is 1. The number of carbonyl (C=O) groups is 2. The summed E-state index contributed by atoms with van der Waals surface area (Å²) in [5.41, 5.74) is 6.34. The van der Waals surface area contributed by atoms with Gasteiger partial charge in [-0.1, -0.05) is 0 Å². The number of nitrogens with one attached hydrogen (secondary N) is 1. The van der Waals surface area contributed by atoms with E-state index in [2.05, 4.69) is 10.3 Å². The lowest BCUT2D eigenvalue weighted by atomic mass is 9.91. The van der Waals surface area contributed by atoms with Crippen molar-refractivity contribution in [2.75, 3.05) is 5.73 Å². The van der Waals surface area contributed by atoms with Crippen molar-refractivity contribution in [3.63, 3.8) is 0 Å². The van der Waals surface area contributed by atoms with Gasteiger partial charge in [-0.2, -0.15) is 0 Å². The van der Waals surface area contributed by atoms with Gasteiger partial charge < -0.3 is 5.73 Å². The molecule has 1 fully saturated rings. The molecule has 1 aromatic heterocycles. The molecule has 1 atom stereocenters. The molecule has 3 N–H and O–H groups in total. The normalized spacial score (nSPS) is 19.9. The van der Waals surface area contributed by atoms with Gasteiger partial charge in [0.05, 0.1) is 5.92 Å². The molecule has 0 radical (unpaired) electrons. The standard InChI is InChI=1S/C10H11N3O2.ClH/c11-8-5-6(3-4-12-8)7-1-2-9(14)13-10(7)15;/h3-5,7H,1-2H2,(H2,11,12)(H,13,14,15);1H. The maximum Gasteiger partial charge on any atom is 0.234 e. The Balaban J connectivity index is 0.00000128. The van der Waals surface area contributed by atoms with Crippen LogP contribution in [0.2, 0.25) is 0 Å². The van der Waals surface area contributed by atoms with E-state index >= 15 is 0 Å². The zero-order valence-corrected chi connectivity index (χ0v) is 9.29. The van der Waals surface area contributed by atoms with Crippen LogP contribution in [0.1, 0.15) is 24.3 Å². The van der Waals surface area contributed by atoms with Crippen LogP contribution in [0.15, 0.2) is 18.3 Å². The van der Waals surface area contributed by atoms with Crippen LogP contribution in [0.3, 0.4) is 0 Å². The molecule has 0 bridgehead atoms. The Hall–Kier alpha value is -1.62. The predicted molar refractivity (Wildman–Crippen MR) is 61.0 cm³/mol. The largest absolute Gasteiger partial charge is 0.384 e. The van der Waals surface area contributed by atoms with E-state index in [-0.39, 0.29) is 30.1 Å². The number of hydrogen-bond donors (Lipinski definition) is 2. The Kier molecular flexibility index (Phi) is 3.84. The van der Waals surface area contributed by atoms with Crippen molar-refractivity contribution in [1.82, 2.24) is 10.3 Å². The lowest BCUT2D eigenvalue weighted by Gasteiger charge is -2.20. The lowest BCUT2D eigenvalue weighted by molar-refractivity contribution is -0.134. The topological polar surface area (TPSA) is 85.1 Å². The Morgan fingerprint density at radius 3 is 2.81 bits per heavy atom. The van der Waals surface area contributed by atoms with Gasteiger partial charge in [-0.15, -0.1) is 12.4 Å². The summed E-state index contributed by atoms with van der Waals surface area (Å²) in [6.45, 7) is 0. The van der Waals surface area contributed by atoms with Gasteiger partial charge in [0.2, 0.25) is 11.8 Å². The molecule has 16 heavy (non-hydrogen) atoms. The zero-order chi connectivity index (χ0) is 10.8. The third-order valence-electron chi connectivity index (χ3n) is 2.45. The number of anilines is 1. The number of nitrogens with zero attached hydrogens (tertiary/aromatic N) is 1. The van der Waals surface area contributed by atoms with E-state index in [4.69, 9.17) is 5.73 Å². The van der Waals surface area contributed by atoms with Gasteiger partial charge in [0.1, 0.15) is 5.82 Å². The number of carbonyl (C=O) groups excluding carboxylic acids is 2. The van der Waals surface area contributed by atoms with E-state index in [1.165, 1.54) is 0 Å². The molecule has 0 aromatic carbocycles. The van der Waals surface area contributed by atoms with Gasteiger partial charge in [-0.05, 0) is 24.1 Å². The second-order valence-corrected chi connectivity index (χ2v) is 3.52. The summed E-state index contributed by atoms with van der Waals surface area (Å²) < 4.78 is 0. The summed E-state index contributed by atoms with van der Waals surface area (Å²) in [5, 5.41) is 2.31. The SMILES string of the molecule is Cl.Nc1cc(C2CCC(=O)NC2=O)ccn1. The zero-order valence-electron chi connectivity index (χ0n) is 8.47. The second-order valence-electron chi connectivity index (χ2n) is 3.52. The number of nitrogen functional groups attached to an aromatic ring is 1. The van der Waals surface area contributed by atoms with Crippen molar-refractivity contribution < 1.29 is 9.59 Å². The maximum absolute atomic E-state index is 11.5. The molecular formula is C10H12ClN3O2. The number of hydrogen-bond acceptors (Lipinski definition) is 4. The van der Waals surface area contributed by atoms with E-state index < -0.39 is 0 Å². The number of imide groups is 1. The number of amides is 2. The molecule has 1 aliphatic heterocycles. The molecule has 0 saturated carbocycles. The highest BCUT2D eigenvalue weighted by Gasteiger charge is 2.27. The summed E-state index contributed by atoms with van der Waals surface area (Å²) in [6.07, 6.45) is 2.47. The Morgan fingerprint density at radius 2 is 2.19 bits per heavy atom. The van der Waals surface area contributed by atoms with Gasteiger partial charge in [-0.3, -0.25) is 14.9 Å². The third kappa shape index (κ3) is 2.49. The average Bonchev–Trinajstić information content (AvgIpc) is 2.17. The van der Waals surface area contributed by atoms with Crippen LogP contribution in [-0.4, -0.2) is 16.8 Å². The van der Waals surface area contributed by atoms with Crippen LogP contribution in [0, 0.1) is 0 Å². The van der Waals surface area contributed by atoms with E-state index in [1.807, 2.05) is 0 Å². The van der Waals surface area contributed by atoms with Crippen LogP contribution in [0.25, 0.3) is 0 Å². The molecular weight excluding hydrogens is 230 g/mol. The first kappa shape index (κ1) is 12.4. The minimum Gasteiger partial charge on any atom is -0.384 e. The highest BCUT2D eigenvalue weighted by atomic mass is 35.5. The molecule has 86 valence electrons. The molecule has 2 rings (SSSR count). The number of aromatic nitrogens is 1. The molecule has 1 unspecified atom stereocenters. The van der Waals surface area contributed by atoms with Crippen LogP contribution in [0.5, 0.6) is 0 Å². The van der Waals surface area contributed by atoms with Gasteiger partial charge in [0, 0.05) is 12.6 Å². The minimum absolute atomic E-state index is 0. The maximum atomic E-state index is 11.5. The van der Waals surface area contributed by atoms with E-state index in [1.54, 1.807) is 18.3 Å². The summed E-state index contributed by atoms with van der Waals surface area (Å²) in [6, 6.07) is 3.41. The molecule has 5 nitrogen and oxygen atoms in total. The quantitative estimate of drug-likeness (QED) is 0.706. The lowest BCUT2D eigenvalue weighted by Crippen LogP contribution is -2.39. The first-order valence-corrected chi connectivity index (χ1v) is 4.72. The highest BCUT2D eigenvalue weighted by Crippen LogP contribution is 2.24. The van der Waals surface area contributed by atoms with Crippen molar-refractivity contribution in [3.05, 3.63) is 23.9 Å².